The van der Waals surface area contributed by atoms with Crippen molar-refractivity contribution in [2.45, 2.75) is 13.8 Å². The standard InChI is InChI=1S/2C9H8O4/c1-5-4-6(8(10)11)2-3-7(5)9(12)13;1-5-2-3-6(8(10)11)4-7(5)9(12)13/h2*2-4H,1H3,(H,10,11)(H,12,13). The molecule has 26 heavy (non-hydrogen) atoms. The highest BCUT2D eigenvalue weighted by molar-refractivity contribution is 5.95. The lowest BCUT2D eigenvalue weighted by Crippen LogP contribution is -2.03. The highest BCUT2D eigenvalue weighted by Gasteiger charge is 2.11. The molecule has 0 fully saturated rings. The van der Waals surface area contributed by atoms with Gasteiger partial charge in [0.05, 0.1) is 22.3 Å². The number of carboxylic acid groups (broad SMARTS) is 4. The SMILES string of the molecule is Cc1cc(C(=O)O)ccc1C(=O)O.Cc1ccc(C(=O)O)cc1C(=O)O. The van der Waals surface area contributed by atoms with E-state index in [0.717, 1.165) is 6.07 Å². The molecule has 0 radical (unpaired) electrons. The highest BCUT2D eigenvalue weighted by Crippen LogP contribution is 2.11. The zero-order valence-corrected chi connectivity index (χ0v) is 13.9. The molecule has 0 atom stereocenters. The molecule has 136 valence electrons. The number of carboxylic acids is 4. The van der Waals surface area contributed by atoms with Crippen LogP contribution in [0.2, 0.25) is 0 Å². The molecule has 0 saturated heterocycles. The lowest BCUT2D eigenvalue weighted by molar-refractivity contribution is 0.0680. The van der Waals surface area contributed by atoms with Crippen LogP contribution in [0.15, 0.2) is 36.4 Å². The van der Waals surface area contributed by atoms with Crippen LogP contribution in [0.4, 0.5) is 0 Å². The number of hydrogen-bond donors (Lipinski definition) is 4. The fourth-order valence-corrected chi connectivity index (χ4v) is 2.02. The summed E-state index contributed by atoms with van der Waals surface area (Å²) < 4.78 is 0. The first-order valence-corrected chi connectivity index (χ1v) is 7.19. The first-order chi connectivity index (χ1) is 12.0. The molecular formula is C18H16O8. The maximum absolute atomic E-state index is 10.6. The second-order valence-corrected chi connectivity index (χ2v) is 5.28. The number of rotatable bonds is 4. The summed E-state index contributed by atoms with van der Waals surface area (Å²) in [6, 6.07) is 7.92. The van der Waals surface area contributed by atoms with E-state index in [9.17, 15) is 19.2 Å². The maximum Gasteiger partial charge on any atom is 0.335 e. The predicted molar refractivity (Wildman–Crippen MR) is 90.2 cm³/mol. The third kappa shape index (κ3) is 5.17. The maximum atomic E-state index is 10.6. The van der Waals surface area contributed by atoms with E-state index in [0.29, 0.717) is 11.1 Å². The van der Waals surface area contributed by atoms with Crippen LogP contribution in [0.3, 0.4) is 0 Å². The van der Waals surface area contributed by atoms with Crippen LogP contribution >= 0.6 is 0 Å². The smallest absolute Gasteiger partial charge is 0.335 e. The van der Waals surface area contributed by atoms with E-state index in [1.165, 1.54) is 30.3 Å². The molecule has 8 nitrogen and oxygen atoms in total. The Morgan fingerprint density at radius 2 is 1.04 bits per heavy atom. The van der Waals surface area contributed by atoms with E-state index in [-0.39, 0.29) is 22.3 Å². The number of aryl methyl sites for hydroxylation is 2. The summed E-state index contributed by atoms with van der Waals surface area (Å²) in [5.41, 5.74) is 1.25. The van der Waals surface area contributed by atoms with Crippen LogP contribution in [-0.2, 0) is 0 Å². The number of aromatic carboxylic acids is 4. The van der Waals surface area contributed by atoms with Gasteiger partial charge in [-0.1, -0.05) is 6.07 Å². The van der Waals surface area contributed by atoms with Crippen LogP contribution in [-0.4, -0.2) is 44.3 Å². The van der Waals surface area contributed by atoms with Crippen LogP contribution in [0.1, 0.15) is 52.6 Å². The molecule has 2 rings (SSSR count). The summed E-state index contributed by atoms with van der Waals surface area (Å²) in [7, 11) is 0. The lowest BCUT2D eigenvalue weighted by Gasteiger charge is -2.01. The zero-order chi connectivity index (χ0) is 20.0. The van der Waals surface area contributed by atoms with Gasteiger partial charge < -0.3 is 20.4 Å². The summed E-state index contributed by atoms with van der Waals surface area (Å²) in [4.78, 5) is 42.1. The van der Waals surface area contributed by atoms with Crippen molar-refractivity contribution in [2.24, 2.45) is 0 Å². The van der Waals surface area contributed by atoms with Crippen molar-refractivity contribution in [1.29, 1.82) is 0 Å². The van der Waals surface area contributed by atoms with E-state index < -0.39 is 23.9 Å². The van der Waals surface area contributed by atoms with Crippen molar-refractivity contribution in [2.75, 3.05) is 0 Å². The summed E-state index contributed by atoms with van der Waals surface area (Å²) in [5, 5.41) is 34.5. The molecule has 0 heterocycles. The first kappa shape index (κ1) is 20.4. The van der Waals surface area contributed by atoms with Crippen molar-refractivity contribution in [3.8, 4) is 0 Å². The molecule has 0 amide bonds. The van der Waals surface area contributed by atoms with E-state index in [4.69, 9.17) is 20.4 Å². The number of carbonyl (C=O) groups is 4. The molecule has 0 aromatic heterocycles. The summed E-state index contributed by atoms with van der Waals surface area (Å²) in [6.45, 7) is 3.19. The Morgan fingerprint density at radius 3 is 1.46 bits per heavy atom. The van der Waals surface area contributed by atoms with Crippen LogP contribution in [0.5, 0.6) is 0 Å². The van der Waals surface area contributed by atoms with Crippen molar-refractivity contribution in [3.63, 3.8) is 0 Å². The van der Waals surface area contributed by atoms with Gasteiger partial charge in [-0.05, 0) is 55.3 Å². The van der Waals surface area contributed by atoms with Gasteiger partial charge in [-0.3, -0.25) is 0 Å². The van der Waals surface area contributed by atoms with Crippen molar-refractivity contribution < 1.29 is 39.6 Å². The van der Waals surface area contributed by atoms with Crippen molar-refractivity contribution in [3.05, 3.63) is 69.8 Å². The molecule has 0 spiro atoms. The van der Waals surface area contributed by atoms with Gasteiger partial charge >= 0.3 is 23.9 Å². The van der Waals surface area contributed by atoms with E-state index in [2.05, 4.69) is 0 Å². The third-order valence-corrected chi connectivity index (χ3v) is 3.42. The molecule has 0 aliphatic carbocycles. The Balaban J connectivity index is 0.000000260. The molecule has 8 heteroatoms. The first-order valence-electron chi connectivity index (χ1n) is 7.19. The molecule has 0 bridgehead atoms. The average Bonchev–Trinajstić information content (AvgIpc) is 2.54. The minimum absolute atomic E-state index is 0.0111. The normalized spacial score (nSPS) is 9.62. The lowest BCUT2D eigenvalue weighted by atomic mass is 10.1. The summed E-state index contributed by atoms with van der Waals surface area (Å²) in [6.07, 6.45) is 0. The Hall–Kier alpha value is -3.68. The van der Waals surface area contributed by atoms with Crippen LogP contribution in [0.25, 0.3) is 0 Å². The summed E-state index contributed by atoms with van der Waals surface area (Å²) >= 11 is 0. The predicted octanol–water partition coefficient (Wildman–Crippen LogP) is 2.78. The zero-order valence-electron chi connectivity index (χ0n) is 13.9. The highest BCUT2D eigenvalue weighted by atomic mass is 16.4. The van der Waals surface area contributed by atoms with Gasteiger partial charge in [0.2, 0.25) is 0 Å². The fraction of sp³-hybridized carbons (Fsp3) is 0.111. The van der Waals surface area contributed by atoms with E-state index >= 15 is 0 Å². The summed E-state index contributed by atoms with van der Waals surface area (Å²) in [5.74, 6) is -4.34. The van der Waals surface area contributed by atoms with Gasteiger partial charge in [0.25, 0.3) is 0 Å². The van der Waals surface area contributed by atoms with Gasteiger partial charge in [-0.2, -0.15) is 0 Å². The molecular weight excluding hydrogens is 344 g/mol. The van der Waals surface area contributed by atoms with Gasteiger partial charge in [-0.15, -0.1) is 0 Å². The van der Waals surface area contributed by atoms with Crippen LogP contribution in [0, 0.1) is 13.8 Å². The largest absolute Gasteiger partial charge is 0.478 e. The minimum Gasteiger partial charge on any atom is -0.478 e. The number of hydrogen-bond acceptors (Lipinski definition) is 4. The number of benzene rings is 2. The molecule has 4 N–H and O–H groups in total. The molecule has 2 aromatic carbocycles. The monoisotopic (exact) mass is 360 g/mol. The second kappa shape index (κ2) is 8.43. The van der Waals surface area contributed by atoms with Crippen molar-refractivity contribution >= 4 is 23.9 Å². The topological polar surface area (TPSA) is 149 Å². The third-order valence-electron chi connectivity index (χ3n) is 3.42. The fourth-order valence-electron chi connectivity index (χ4n) is 2.02. The van der Waals surface area contributed by atoms with E-state index in [1.807, 2.05) is 0 Å². The Morgan fingerprint density at radius 1 is 0.577 bits per heavy atom. The van der Waals surface area contributed by atoms with Gasteiger partial charge in [0.15, 0.2) is 0 Å². The quantitative estimate of drug-likeness (QED) is 0.650. The molecule has 0 aliphatic heterocycles. The molecule has 0 unspecified atom stereocenters. The van der Waals surface area contributed by atoms with Crippen molar-refractivity contribution in [1.82, 2.24) is 0 Å². The van der Waals surface area contributed by atoms with Gasteiger partial charge in [-0.25, -0.2) is 19.2 Å². The second-order valence-electron chi connectivity index (χ2n) is 5.28. The Bertz CT molecular complexity index is 883. The molecule has 0 aliphatic rings. The Labute approximate surface area is 148 Å². The Kier molecular flexibility index (Phi) is 6.60. The van der Waals surface area contributed by atoms with Gasteiger partial charge in [0, 0.05) is 0 Å². The minimum atomic E-state index is -1.12. The van der Waals surface area contributed by atoms with E-state index in [1.54, 1.807) is 13.8 Å². The molecule has 2 aromatic rings. The molecule has 0 saturated carbocycles. The van der Waals surface area contributed by atoms with Gasteiger partial charge in [0.1, 0.15) is 0 Å². The average molecular weight is 360 g/mol. The van der Waals surface area contributed by atoms with Crippen LogP contribution < -0.4 is 0 Å².